The Kier molecular flexibility index (Phi) is 8.69. The minimum Gasteiger partial charge on any atom is -0.237 e. The Morgan fingerprint density at radius 1 is 1.00 bits per heavy atom. The van der Waals surface area contributed by atoms with Gasteiger partial charge in [-0.3, -0.25) is 0 Å². The number of unbranched alkanes of at least 4 members (excludes halogenated alkanes) is 5. The molecular formula is C20H29Cl2N2+. The zero-order chi connectivity index (χ0) is 17.2. The summed E-state index contributed by atoms with van der Waals surface area (Å²) >= 11 is 12.3. The third-order valence-corrected chi connectivity index (χ3v) is 5.27. The molecule has 0 radical (unpaired) electrons. The molecule has 1 heterocycles. The van der Waals surface area contributed by atoms with Crippen molar-refractivity contribution < 1.29 is 4.57 Å². The van der Waals surface area contributed by atoms with E-state index in [1.807, 2.05) is 12.1 Å². The van der Waals surface area contributed by atoms with Crippen LogP contribution in [0, 0.1) is 0 Å². The Hall–Kier alpha value is -0.990. The smallest absolute Gasteiger partial charge is 0.237 e. The largest absolute Gasteiger partial charge is 0.243 e. The van der Waals surface area contributed by atoms with Crippen LogP contribution >= 0.6 is 23.2 Å². The molecular weight excluding hydrogens is 339 g/mol. The van der Waals surface area contributed by atoms with E-state index >= 15 is 0 Å². The second kappa shape index (κ2) is 10.8. The summed E-state index contributed by atoms with van der Waals surface area (Å²) in [4.78, 5) is 0. The lowest BCUT2D eigenvalue weighted by molar-refractivity contribution is -0.696. The number of hydrogen-bond acceptors (Lipinski definition) is 0. The normalized spacial score (nSPS) is 11.1. The van der Waals surface area contributed by atoms with E-state index in [-0.39, 0.29) is 0 Å². The highest BCUT2D eigenvalue weighted by Crippen LogP contribution is 2.26. The van der Waals surface area contributed by atoms with Crippen molar-refractivity contribution in [3.05, 3.63) is 52.5 Å². The van der Waals surface area contributed by atoms with Crippen LogP contribution in [-0.4, -0.2) is 4.57 Å². The first-order chi connectivity index (χ1) is 11.7. The zero-order valence-electron chi connectivity index (χ0n) is 14.7. The number of rotatable bonds is 11. The molecule has 132 valence electrons. The van der Waals surface area contributed by atoms with E-state index in [9.17, 15) is 0 Å². The van der Waals surface area contributed by atoms with Gasteiger partial charge in [-0.05, 0) is 43.7 Å². The summed E-state index contributed by atoms with van der Waals surface area (Å²) in [6.45, 7) is 4.45. The first-order valence-corrected chi connectivity index (χ1v) is 9.94. The summed E-state index contributed by atoms with van der Waals surface area (Å²) in [7, 11) is 0. The molecule has 1 aromatic carbocycles. The highest BCUT2D eigenvalue weighted by Gasteiger charge is 2.06. The Labute approximate surface area is 156 Å². The number of halogens is 2. The molecule has 0 saturated carbocycles. The van der Waals surface area contributed by atoms with Crippen LogP contribution in [0.3, 0.4) is 0 Å². The standard InChI is InChI=1S/C20H29Cl2N2/c1-2-3-4-5-7-13-23-15-16-24(17-23)14-8-6-10-18-11-9-12-19(21)20(18)22/h9,11-12,15-17H,2-8,10,13-14H2,1H3/q+1. The predicted molar refractivity (Wildman–Crippen MR) is 103 cm³/mol. The average Bonchev–Trinajstić information content (AvgIpc) is 3.03. The summed E-state index contributed by atoms with van der Waals surface area (Å²) in [6, 6.07) is 5.88. The molecule has 0 unspecified atom stereocenters. The monoisotopic (exact) mass is 367 g/mol. The van der Waals surface area contributed by atoms with E-state index in [1.165, 1.54) is 32.1 Å². The van der Waals surface area contributed by atoms with Gasteiger partial charge in [0, 0.05) is 0 Å². The van der Waals surface area contributed by atoms with Crippen LogP contribution < -0.4 is 4.57 Å². The fourth-order valence-corrected chi connectivity index (χ4v) is 3.37. The molecule has 0 aliphatic rings. The van der Waals surface area contributed by atoms with Crippen molar-refractivity contribution in [2.75, 3.05) is 0 Å². The number of aryl methyl sites for hydroxylation is 3. The van der Waals surface area contributed by atoms with Crippen LogP contribution in [0.2, 0.25) is 10.0 Å². The van der Waals surface area contributed by atoms with E-state index in [4.69, 9.17) is 23.2 Å². The van der Waals surface area contributed by atoms with E-state index in [1.54, 1.807) is 0 Å². The first kappa shape index (κ1) is 19.3. The van der Waals surface area contributed by atoms with E-state index in [2.05, 4.69) is 40.8 Å². The maximum Gasteiger partial charge on any atom is 0.243 e. The maximum absolute atomic E-state index is 6.23. The fraction of sp³-hybridized carbons (Fsp3) is 0.550. The Balaban J connectivity index is 1.65. The van der Waals surface area contributed by atoms with Gasteiger partial charge in [0.05, 0.1) is 23.1 Å². The van der Waals surface area contributed by atoms with Crippen LogP contribution in [0.25, 0.3) is 0 Å². The van der Waals surface area contributed by atoms with Crippen LogP contribution in [-0.2, 0) is 19.5 Å². The molecule has 0 fully saturated rings. The molecule has 4 heteroatoms. The second-order valence-corrected chi connectivity index (χ2v) is 7.26. The van der Waals surface area contributed by atoms with Gasteiger partial charge >= 0.3 is 0 Å². The number of benzene rings is 1. The molecule has 24 heavy (non-hydrogen) atoms. The number of hydrogen-bond donors (Lipinski definition) is 0. The van der Waals surface area contributed by atoms with Crippen molar-refractivity contribution in [1.82, 2.24) is 4.57 Å². The molecule has 0 saturated heterocycles. The van der Waals surface area contributed by atoms with Crippen LogP contribution in [0.1, 0.15) is 57.4 Å². The van der Waals surface area contributed by atoms with Gasteiger partial charge in [-0.2, -0.15) is 0 Å². The lowest BCUT2D eigenvalue weighted by atomic mass is 10.1. The van der Waals surface area contributed by atoms with Crippen molar-refractivity contribution in [3.8, 4) is 0 Å². The van der Waals surface area contributed by atoms with Gasteiger partial charge in [0.15, 0.2) is 0 Å². The number of nitrogens with zero attached hydrogens (tertiary/aromatic N) is 2. The highest BCUT2D eigenvalue weighted by molar-refractivity contribution is 6.42. The average molecular weight is 368 g/mol. The summed E-state index contributed by atoms with van der Waals surface area (Å²) < 4.78 is 4.59. The Morgan fingerprint density at radius 2 is 1.83 bits per heavy atom. The Morgan fingerprint density at radius 3 is 2.67 bits per heavy atom. The zero-order valence-corrected chi connectivity index (χ0v) is 16.2. The van der Waals surface area contributed by atoms with Gasteiger partial charge in [0.25, 0.3) is 0 Å². The fourth-order valence-electron chi connectivity index (χ4n) is 2.95. The molecule has 0 amide bonds. The Bertz CT molecular complexity index is 607. The van der Waals surface area contributed by atoms with Crippen LogP contribution in [0.15, 0.2) is 36.9 Å². The lowest BCUT2D eigenvalue weighted by Gasteiger charge is -2.05. The summed E-state index contributed by atoms with van der Waals surface area (Å²) in [5.41, 5.74) is 1.15. The molecule has 0 aliphatic heterocycles. The molecule has 2 nitrogen and oxygen atoms in total. The molecule has 0 spiro atoms. The first-order valence-electron chi connectivity index (χ1n) is 9.18. The van der Waals surface area contributed by atoms with Gasteiger partial charge in [-0.25, -0.2) is 9.13 Å². The van der Waals surface area contributed by atoms with Gasteiger partial charge < -0.3 is 0 Å². The van der Waals surface area contributed by atoms with Crippen molar-refractivity contribution in [2.45, 2.75) is 71.4 Å². The topological polar surface area (TPSA) is 8.81 Å². The van der Waals surface area contributed by atoms with Crippen molar-refractivity contribution in [2.24, 2.45) is 0 Å². The third-order valence-electron chi connectivity index (χ3n) is 4.41. The second-order valence-electron chi connectivity index (χ2n) is 6.47. The molecule has 2 aromatic rings. The highest BCUT2D eigenvalue weighted by atomic mass is 35.5. The minimum absolute atomic E-state index is 0.652. The van der Waals surface area contributed by atoms with Gasteiger partial charge in [0.1, 0.15) is 12.4 Å². The summed E-state index contributed by atoms with van der Waals surface area (Å²) in [5, 5.41) is 1.36. The van der Waals surface area contributed by atoms with E-state index in [0.29, 0.717) is 10.0 Å². The number of imidazole rings is 1. The summed E-state index contributed by atoms with van der Waals surface area (Å²) in [6.07, 6.45) is 16.5. The lowest BCUT2D eigenvalue weighted by Crippen LogP contribution is -2.30. The quantitative estimate of drug-likeness (QED) is 0.336. The number of aromatic nitrogens is 2. The minimum atomic E-state index is 0.652. The SMILES string of the molecule is CCCCCCC[n+]1ccn(CCCCc2cccc(Cl)c2Cl)c1. The van der Waals surface area contributed by atoms with Crippen molar-refractivity contribution in [3.63, 3.8) is 0 Å². The van der Waals surface area contributed by atoms with Crippen LogP contribution in [0.4, 0.5) is 0 Å². The maximum atomic E-state index is 6.23. The molecule has 0 N–H and O–H groups in total. The van der Waals surface area contributed by atoms with Crippen LogP contribution in [0.5, 0.6) is 0 Å². The molecule has 0 aliphatic carbocycles. The molecule has 2 rings (SSSR count). The summed E-state index contributed by atoms with van der Waals surface area (Å²) in [5.74, 6) is 0. The van der Waals surface area contributed by atoms with Crippen molar-refractivity contribution in [1.29, 1.82) is 0 Å². The molecule has 0 atom stereocenters. The predicted octanol–water partition coefficient (Wildman–Crippen LogP) is 6.08. The van der Waals surface area contributed by atoms with E-state index in [0.717, 1.165) is 37.9 Å². The third kappa shape index (κ3) is 6.49. The van der Waals surface area contributed by atoms with Gasteiger partial charge in [-0.1, -0.05) is 61.5 Å². The van der Waals surface area contributed by atoms with Gasteiger partial charge in [-0.15, -0.1) is 0 Å². The van der Waals surface area contributed by atoms with Gasteiger partial charge in [0.2, 0.25) is 6.33 Å². The van der Waals surface area contributed by atoms with E-state index < -0.39 is 0 Å². The van der Waals surface area contributed by atoms with Crippen molar-refractivity contribution >= 4 is 23.2 Å². The molecule has 1 aromatic heterocycles. The molecule has 0 bridgehead atoms.